The van der Waals surface area contributed by atoms with Crippen LogP contribution in [-0.4, -0.2) is 74.3 Å². The maximum atomic E-state index is 14.4. The average molecular weight is 595 g/mol. The number of halogens is 3. The number of aromatic nitrogens is 2. The number of hydrogen-bond donors (Lipinski definition) is 4. The first-order valence-corrected chi connectivity index (χ1v) is 13.2. The molecule has 2 amide bonds. The van der Waals surface area contributed by atoms with Gasteiger partial charge in [0.2, 0.25) is 18.0 Å². The molecule has 2 fully saturated rings. The van der Waals surface area contributed by atoms with Crippen LogP contribution in [0.3, 0.4) is 0 Å². The number of aliphatic hydroxyl groups is 1. The summed E-state index contributed by atoms with van der Waals surface area (Å²) in [5.41, 5.74) is -0.979. The quantitative estimate of drug-likeness (QED) is 0.289. The maximum absolute atomic E-state index is 14.4. The molecule has 2 aromatic heterocycles. The molecule has 1 saturated heterocycles. The minimum atomic E-state index is -1.79. The third kappa shape index (κ3) is 6.61. The van der Waals surface area contributed by atoms with E-state index < -0.39 is 101 Å². The Labute approximate surface area is 237 Å². The van der Waals surface area contributed by atoms with Crippen LogP contribution in [0.2, 0.25) is 0 Å². The Kier molecular flexibility index (Phi) is 9.29. The number of esters is 2. The molecule has 3 heterocycles. The van der Waals surface area contributed by atoms with Crippen molar-refractivity contribution in [3.05, 3.63) is 53.4 Å². The van der Waals surface area contributed by atoms with Crippen LogP contribution in [0.5, 0.6) is 5.75 Å². The van der Waals surface area contributed by atoms with Crippen molar-refractivity contribution >= 4 is 23.8 Å². The Balaban J connectivity index is 1.71. The van der Waals surface area contributed by atoms with Gasteiger partial charge in [0.15, 0.2) is 11.5 Å². The van der Waals surface area contributed by atoms with Gasteiger partial charge in [-0.1, -0.05) is 6.42 Å². The number of cyclic esters (lactones) is 2. The first kappa shape index (κ1) is 30.7. The average Bonchev–Trinajstić information content (AvgIpc) is 2.91. The van der Waals surface area contributed by atoms with Crippen LogP contribution in [0.25, 0.3) is 0 Å². The van der Waals surface area contributed by atoms with Gasteiger partial charge >= 0.3 is 11.9 Å². The molecule has 0 bridgehead atoms. The van der Waals surface area contributed by atoms with Crippen LogP contribution >= 0.6 is 0 Å². The molecule has 42 heavy (non-hydrogen) atoms. The van der Waals surface area contributed by atoms with Gasteiger partial charge < -0.3 is 30.3 Å². The molecule has 6 atom stereocenters. The number of pyridine rings is 2. The minimum absolute atomic E-state index is 0.383. The molecular weight excluding hydrogens is 565 g/mol. The highest BCUT2D eigenvalue weighted by Crippen LogP contribution is 2.33. The fraction of sp³-hybridized carbons (Fsp3) is 0.481. The fourth-order valence-electron chi connectivity index (χ4n) is 4.69. The topological polar surface area (TPSA) is 177 Å². The molecule has 12 nitrogen and oxygen atoms in total. The van der Waals surface area contributed by atoms with Crippen molar-refractivity contribution in [2.75, 3.05) is 0 Å². The molecule has 0 aromatic carbocycles. The molecule has 1 saturated carbocycles. The summed E-state index contributed by atoms with van der Waals surface area (Å²) in [5, 5.41) is 25.9. The summed E-state index contributed by atoms with van der Waals surface area (Å²) in [6, 6.07) is -0.162. The molecule has 2 aromatic rings. The number of ether oxygens (including phenoxy) is 2. The lowest BCUT2D eigenvalue weighted by atomic mass is 9.81. The molecule has 1 aliphatic carbocycles. The molecular formula is C27H29F3N4O8. The summed E-state index contributed by atoms with van der Waals surface area (Å²) >= 11 is 0. The zero-order chi connectivity index (χ0) is 30.7. The zero-order valence-corrected chi connectivity index (χ0v) is 22.6. The molecule has 4 N–H and O–H groups in total. The standard InChI is InChI=1S/C27H29F3N4O8/c1-11-20(36)16(10-14-9-15(28)23(30)34-22(14)29)32-24(37)18(33-25(38)19-17(35)7-4-8-31-19)12(2)41-27(40)21(42-26(11)39)13-5-3-6-13/h4,7-9,11-13,16,18,20-21,35-36H,3,5-6,10H2,1-2H3,(H,32,37)(H,33,38)/t11-,12-,16+,18+,20+,21?/m1/s1. The first-order chi connectivity index (χ1) is 19.9. The van der Waals surface area contributed by atoms with Crippen LogP contribution in [-0.2, 0) is 30.3 Å². The lowest BCUT2D eigenvalue weighted by molar-refractivity contribution is -0.183. The zero-order valence-electron chi connectivity index (χ0n) is 22.6. The lowest BCUT2D eigenvalue weighted by Crippen LogP contribution is -2.59. The molecule has 2 aliphatic rings. The molecule has 226 valence electrons. The van der Waals surface area contributed by atoms with Crippen LogP contribution in [0.4, 0.5) is 13.2 Å². The van der Waals surface area contributed by atoms with E-state index in [0.717, 1.165) is 6.42 Å². The van der Waals surface area contributed by atoms with E-state index in [4.69, 9.17) is 9.47 Å². The normalized spacial score (nSPS) is 27.4. The SMILES string of the molecule is C[C@H]1OC(=O)C(C2CCC2)OC(=O)[C@H](C)[C@H](O)[C@H](Cc2cc(F)c(F)nc2F)NC(=O)[C@H]1NC(=O)c1ncccc1O. The number of nitrogens with zero attached hydrogens (tertiary/aromatic N) is 2. The van der Waals surface area contributed by atoms with Gasteiger partial charge in [-0.25, -0.2) is 14.2 Å². The van der Waals surface area contributed by atoms with Gasteiger partial charge in [-0.15, -0.1) is 0 Å². The van der Waals surface area contributed by atoms with Crippen molar-refractivity contribution < 1.29 is 52.0 Å². The van der Waals surface area contributed by atoms with Crippen molar-refractivity contribution in [1.29, 1.82) is 0 Å². The number of carbonyl (C=O) groups is 4. The third-order valence-corrected chi connectivity index (χ3v) is 7.42. The van der Waals surface area contributed by atoms with E-state index in [1.807, 2.05) is 0 Å². The largest absolute Gasteiger partial charge is 0.505 e. The number of nitrogens with one attached hydrogen (secondary N) is 2. The highest BCUT2D eigenvalue weighted by Gasteiger charge is 2.43. The number of aromatic hydroxyl groups is 1. The van der Waals surface area contributed by atoms with Crippen LogP contribution in [0, 0.1) is 29.5 Å². The molecule has 15 heteroatoms. The third-order valence-electron chi connectivity index (χ3n) is 7.42. The summed E-state index contributed by atoms with van der Waals surface area (Å²) in [4.78, 5) is 59.2. The van der Waals surface area contributed by atoms with Gasteiger partial charge in [0.1, 0.15) is 17.9 Å². The van der Waals surface area contributed by atoms with Crippen LogP contribution in [0.15, 0.2) is 24.4 Å². The highest BCUT2D eigenvalue weighted by molar-refractivity contribution is 5.98. The number of amides is 2. The Hall–Kier alpha value is -4.27. The van der Waals surface area contributed by atoms with Gasteiger partial charge in [0.25, 0.3) is 11.9 Å². The smallest absolute Gasteiger partial charge is 0.348 e. The summed E-state index contributed by atoms with van der Waals surface area (Å²) < 4.78 is 52.7. The van der Waals surface area contributed by atoms with Gasteiger partial charge in [-0.2, -0.15) is 13.8 Å². The Bertz CT molecular complexity index is 1370. The van der Waals surface area contributed by atoms with E-state index in [0.29, 0.717) is 18.9 Å². The Morgan fingerprint density at radius 3 is 2.48 bits per heavy atom. The molecule has 1 unspecified atom stereocenters. The van der Waals surface area contributed by atoms with E-state index in [-0.39, 0.29) is 5.92 Å². The number of aliphatic hydroxyl groups excluding tert-OH is 1. The second kappa shape index (κ2) is 12.7. The summed E-state index contributed by atoms with van der Waals surface area (Å²) in [6.45, 7) is 2.52. The fourth-order valence-corrected chi connectivity index (χ4v) is 4.69. The predicted molar refractivity (Wildman–Crippen MR) is 135 cm³/mol. The van der Waals surface area contributed by atoms with E-state index in [9.17, 15) is 42.6 Å². The number of carbonyl (C=O) groups excluding carboxylic acids is 4. The van der Waals surface area contributed by atoms with Gasteiger partial charge in [0, 0.05) is 17.7 Å². The first-order valence-electron chi connectivity index (χ1n) is 13.2. The van der Waals surface area contributed by atoms with Gasteiger partial charge in [0.05, 0.1) is 18.1 Å². The van der Waals surface area contributed by atoms with E-state index in [2.05, 4.69) is 20.6 Å². The number of hydrogen-bond acceptors (Lipinski definition) is 10. The van der Waals surface area contributed by atoms with Crippen molar-refractivity contribution in [2.24, 2.45) is 11.8 Å². The maximum Gasteiger partial charge on any atom is 0.348 e. The summed E-state index contributed by atoms with van der Waals surface area (Å²) in [6.07, 6.45) is -2.15. The molecule has 0 radical (unpaired) electrons. The van der Waals surface area contributed by atoms with Gasteiger partial charge in [-0.3, -0.25) is 14.4 Å². The predicted octanol–water partition coefficient (Wildman–Crippen LogP) is 1.08. The Morgan fingerprint density at radius 1 is 1.12 bits per heavy atom. The van der Waals surface area contributed by atoms with Crippen molar-refractivity contribution in [3.8, 4) is 5.75 Å². The number of rotatable bonds is 5. The van der Waals surface area contributed by atoms with Crippen LogP contribution in [0.1, 0.15) is 49.2 Å². The minimum Gasteiger partial charge on any atom is -0.505 e. The van der Waals surface area contributed by atoms with E-state index >= 15 is 0 Å². The molecule has 0 spiro atoms. The summed E-state index contributed by atoms with van der Waals surface area (Å²) in [5.74, 6) is -11.0. The van der Waals surface area contributed by atoms with Crippen molar-refractivity contribution in [1.82, 2.24) is 20.6 Å². The second-order valence-electron chi connectivity index (χ2n) is 10.3. The van der Waals surface area contributed by atoms with Crippen LogP contribution < -0.4 is 10.6 Å². The van der Waals surface area contributed by atoms with E-state index in [1.54, 1.807) is 0 Å². The second-order valence-corrected chi connectivity index (χ2v) is 10.3. The van der Waals surface area contributed by atoms with Crippen molar-refractivity contribution in [3.63, 3.8) is 0 Å². The Morgan fingerprint density at radius 2 is 1.83 bits per heavy atom. The molecule has 4 rings (SSSR count). The lowest BCUT2D eigenvalue weighted by Gasteiger charge is -2.36. The monoisotopic (exact) mass is 594 g/mol. The highest BCUT2D eigenvalue weighted by atomic mass is 19.2. The van der Waals surface area contributed by atoms with Crippen molar-refractivity contribution in [2.45, 2.75) is 69.9 Å². The van der Waals surface area contributed by atoms with Gasteiger partial charge in [-0.05, 0) is 51.3 Å². The van der Waals surface area contributed by atoms with E-state index in [1.165, 1.54) is 32.2 Å². The molecule has 1 aliphatic heterocycles. The summed E-state index contributed by atoms with van der Waals surface area (Å²) in [7, 11) is 0.